The van der Waals surface area contributed by atoms with E-state index in [0.29, 0.717) is 60.1 Å². The maximum atomic E-state index is 14.1. The number of piperidine rings is 1. The van der Waals surface area contributed by atoms with Gasteiger partial charge in [0.2, 0.25) is 5.91 Å². The normalized spacial score (nSPS) is 19.5. The fourth-order valence-electron chi connectivity index (χ4n) is 7.12. The minimum atomic E-state index is -1.07. The molecule has 8 nitrogen and oxygen atoms in total. The van der Waals surface area contributed by atoms with Crippen molar-refractivity contribution in [1.29, 1.82) is 0 Å². The summed E-state index contributed by atoms with van der Waals surface area (Å²) in [7, 11) is 0. The predicted molar refractivity (Wildman–Crippen MR) is 184 cm³/mol. The highest BCUT2D eigenvalue weighted by molar-refractivity contribution is 6.35. The Bertz CT molecular complexity index is 1620. The predicted octanol–water partition coefficient (Wildman–Crippen LogP) is 7.52. The second kappa shape index (κ2) is 14.5. The molecule has 1 N–H and O–H groups in total. The number of urea groups is 1. The molecule has 47 heavy (non-hydrogen) atoms. The van der Waals surface area contributed by atoms with E-state index >= 15 is 0 Å². The van der Waals surface area contributed by atoms with Crippen LogP contribution in [0.15, 0.2) is 72.8 Å². The number of carbonyl (C=O) groups is 4. The summed E-state index contributed by atoms with van der Waals surface area (Å²) >= 11 is 12.6. The zero-order valence-corrected chi connectivity index (χ0v) is 28.4. The molecule has 0 bridgehead atoms. The van der Waals surface area contributed by atoms with Gasteiger partial charge in [0.05, 0.1) is 6.42 Å². The lowest BCUT2D eigenvalue weighted by atomic mass is 9.69. The van der Waals surface area contributed by atoms with E-state index in [1.54, 1.807) is 34.9 Å². The highest BCUT2D eigenvalue weighted by Gasteiger charge is 2.47. The van der Waals surface area contributed by atoms with E-state index in [2.05, 4.69) is 12.1 Å². The number of hydrogen-bond acceptors (Lipinski definition) is 4. The molecule has 3 amide bonds. The monoisotopic (exact) mass is 677 g/mol. The lowest BCUT2D eigenvalue weighted by molar-refractivity contribution is -0.142. The number of carboxylic acid groups (broad SMARTS) is 1. The van der Waals surface area contributed by atoms with Crippen LogP contribution in [0.1, 0.15) is 62.1 Å². The largest absolute Gasteiger partial charge is 0.481 e. The quantitative estimate of drug-likeness (QED) is 0.226. The number of aliphatic carboxylic acids is 1. The van der Waals surface area contributed by atoms with E-state index in [1.807, 2.05) is 54.3 Å². The molecule has 2 heterocycles. The van der Waals surface area contributed by atoms with Crippen molar-refractivity contribution in [3.8, 4) is 0 Å². The van der Waals surface area contributed by atoms with Crippen LogP contribution >= 0.6 is 23.2 Å². The zero-order valence-electron chi connectivity index (χ0n) is 26.9. The number of ketones is 1. The Balaban J connectivity index is 1.42. The van der Waals surface area contributed by atoms with E-state index in [1.165, 1.54) is 5.56 Å². The first-order valence-electron chi connectivity index (χ1n) is 16.0. The molecule has 0 radical (unpaired) electrons. The van der Waals surface area contributed by atoms with Gasteiger partial charge in [-0.2, -0.15) is 0 Å². The van der Waals surface area contributed by atoms with E-state index in [0.717, 1.165) is 5.56 Å². The van der Waals surface area contributed by atoms with Gasteiger partial charge in [0.1, 0.15) is 5.78 Å². The standard InChI is InChI=1S/C37H41Cl2N3O5/c1-26-8-12-31(13-9-26)42-25-36(22-34(45)46,24-41(35(42)47)23-28-10-11-30(38)20-32(28)39)21-33(44)40-18-16-37(17-19-40,15-14-27(2)43)29-6-4-3-5-7-29/h3-13,20H,14-19,21-25H2,1-2H3,(H,45,46). The van der Waals surface area contributed by atoms with Gasteiger partial charge in [-0.3, -0.25) is 14.5 Å². The van der Waals surface area contributed by atoms with Crippen LogP contribution in [-0.4, -0.2) is 64.8 Å². The van der Waals surface area contributed by atoms with Crippen LogP contribution in [-0.2, 0) is 26.3 Å². The summed E-state index contributed by atoms with van der Waals surface area (Å²) in [5.74, 6) is -1.03. The molecule has 1 atom stereocenters. The second-order valence-corrected chi connectivity index (χ2v) is 14.1. The molecule has 2 aliphatic heterocycles. The third-order valence-corrected chi connectivity index (χ3v) is 10.3. The lowest BCUT2D eigenvalue weighted by Crippen LogP contribution is -2.60. The SMILES string of the molecule is CC(=O)CCC1(c2ccccc2)CCN(C(=O)CC2(CC(=O)O)CN(Cc3ccc(Cl)cc3Cl)C(=O)N(c3ccc(C)cc3)C2)CC1. The minimum Gasteiger partial charge on any atom is -0.481 e. The van der Waals surface area contributed by atoms with Crippen molar-refractivity contribution in [3.05, 3.63) is 99.5 Å². The second-order valence-electron chi connectivity index (χ2n) is 13.3. The fraction of sp³-hybridized carbons (Fsp3) is 0.405. The van der Waals surface area contributed by atoms with Crippen LogP contribution in [0.5, 0.6) is 0 Å². The van der Waals surface area contributed by atoms with Gasteiger partial charge in [0.15, 0.2) is 0 Å². The van der Waals surface area contributed by atoms with Crippen molar-refractivity contribution in [3.63, 3.8) is 0 Å². The number of nitrogens with zero attached hydrogens (tertiary/aromatic N) is 3. The van der Waals surface area contributed by atoms with E-state index in [4.69, 9.17) is 23.2 Å². The molecule has 2 aliphatic rings. The van der Waals surface area contributed by atoms with E-state index in [9.17, 15) is 24.3 Å². The molecule has 3 aromatic rings. The molecule has 2 fully saturated rings. The first-order valence-corrected chi connectivity index (χ1v) is 16.8. The zero-order chi connectivity index (χ0) is 33.8. The molecular weight excluding hydrogens is 637 g/mol. The summed E-state index contributed by atoms with van der Waals surface area (Å²) in [6, 6.07) is 22.4. The van der Waals surface area contributed by atoms with Gasteiger partial charge in [0, 0.05) is 66.7 Å². The van der Waals surface area contributed by atoms with Crippen LogP contribution < -0.4 is 4.90 Å². The molecule has 0 spiro atoms. The van der Waals surface area contributed by atoms with Crippen molar-refractivity contribution in [2.24, 2.45) is 5.41 Å². The highest BCUT2D eigenvalue weighted by atomic mass is 35.5. The van der Waals surface area contributed by atoms with Gasteiger partial charge >= 0.3 is 12.0 Å². The van der Waals surface area contributed by atoms with Crippen LogP contribution in [0.3, 0.4) is 0 Å². The molecule has 3 aromatic carbocycles. The summed E-state index contributed by atoms with van der Waals surface area (Å²) in [5, 5.41) is 11.0. The fourth-order valence-corrected chi connectivity index (χ4v) is 7.58. The first-order chi connectivity index (χ1) is 22.4. The smallest absolute Gasteiger partial charge is 0.324 e. The molecule has 10 heteroatoms. The topological polar surface area (TPSA) is 98.2 Å². The van der Waals surface area contributed by atoms with Gasteiger partial charge in [0.25, 0.3) is 0 Å². The summed E-state index contributed by atoms with van der Waals surface area (Å²) in [4.78, 5) is 57.5. The van der Waals surface area contributed by atoms with Crippen molar-refractivity contribution in [2.75, 3.05) is 31.1 Å². The Labute approximate surface area is 286 Å². The first kappa shape index (κ1) is 34.5. The molecule has 2 saturated heterocycles. The Hall–Kier alpha value is -3.88. The molecule has 248 valence electrons. The summed E-state index contributed by atoms with van der Waals surface area (Å²) in [6.07, 6.45) is 2.27. The number of Topliss-reactive ketones (excluding diaryl/α,β-unsaturated/α-hetero) is 1. The molecule has 1 unspecified atom stereocenters. The van der Waals surface area contributed by atoms with Gasteiger partial charge < -0.3 is 19.7 Å². The number of hydrogen-bond donors (Lipinski definition) is 1. The number of halogens is 2. The number of carbonyl (C=O) groups excluding carboxylic acids is 3. The molecule has 0 aromatic heterocycles. The lowest BCUT2D eigenvalue weighted by Gasteiger charge is -2.48. The van der Waals surface area contributed by atoms with E-state index in [-0.39, 0.29) is 55.6 Å². The van der Waals surface area contributed by atoms with Crippen LogP contribution in [0.2, 0.25) is 10.0 Å². The summed E-state index contributed by atoms with van der Waals surface area (Å²) in [6.45, 7) is 4.85. The summed E-state index contributed by atoms with van der Waals surface area (Å²) in [5.41, 5.74) is 2.22. The average Bonchev–Trinajstić information content (AvgIpc) is 3.03. The van der Waals surface area contributed by atoms with Gasteiger partial charge in [-0.1, -0.05) is 77.3 Å². The number of rotatable bonds is 11. The Morgan fingerprint density at radius 3 is 2.19 bits per heavy atom. The number of likely N-dealkylation sites (tertiary alicyclic amines) is 1. The maximum absolute atomic E-state index is 14.1. The van der Waals surface area contributed by atoms with Crippen molar-refractivity contribution >= 4 is 52.6 Å². The average molecular weight is 679 g/mol. The Morgan fingerprint density at radius 1 is 0.894 bits per heavy atom. The van der Waals surface area contributed by atoms with Crippen molar-refractivity contribution in [1.82, 2.24) is 9.80 Å². The maximum Gasteiger partial charge on any atom is 0.324 e. The van der Waals surface area contributed by atoms with Crippen LogP contribution in [0.25, 0.3) is 0 Å². The molecule has 0 aliphatic carbocycles. The Kier molecular flexibility index (Phi) is 10.6. The van der Waals surface area contributed by atoms with E-state index < -0.39 is 11.4 Å². The summed E-state index contributed by atoms with van der Waals surface area (Å²) < 4.78 is 0. The van der Waals surface area contributed by atoms with Crippen LogP contribution in [0, 0.1) is 12.3 Å². The van der Waals surface area contributed by atoms with Gasteiger partial charge in [-0.15, -0.1) is 0 Å². The van der Waals surface area contributed by atoms with Crippen molar-refractivity contribution in [2.45, 2.75) is 64.3 Å². The molecule has 5 rings (SSSR count). The number of carboxylic acids is 1. The molecule has 0 saturated carbocycles. The van der Waals surface area contributed by atoms with Crippen molar-refractivity contribution < 1.29 is 24.3 Å². The number of benzene rings is 3. The number of anilines is 1. The molecular formula is C37H41Cl2N3O5. The highest BCUT2D eigenvalue weighted by Crippen LogP contribution is 2.42. The van der Waals surface area contributed by atoms with Gasteiger partial charge in [-0.25, -0.2) is 4.79 Å². The third-order valence-electron chi connectivity index (χ3n) is 9.71. The number of amides is 3. The minimum absolute atomic E-state index is 0.0361. The Morgan fingerprint density at radius 2 is 1.57 bits per heavy atom. The number of aryl methyl sites for hydroxylation is 1. The van der Waals surface area contributed by atoms with Gasteiger partial charge in [-0.05, 0) is 73.9 Å². The van der Waals surface area contributed by atoms with Crippen LogP contribution in [0.4, 0.5) is 10.5 Å². The third kappa shape index (κ3) is 8.17.